The van der Waals surface area contributed by atoms with E-state index in [1.807, 2.05) is 0 Å². The van der Waals surface area contributed by atoms with E-state index >= 15 is 0 Å². The van der Waals surface area contributed by atoms with Crippen molar-refractivity contribution < 1.29 is 62.3 Å². The van der Waals surface area contributed by atoms with Crippen molar-refractivity contribution in [2.75, 3.05) is 0 Å². The van der Waals surface area contributed by atoms with Crippen molar-refractivity contribution in [1.82, 2.24) is 9.97 Å². The van der Waals surface area contributed by atoms with Gasteiger partial charge in [-0.05, 0) is 59.3 Å². The second-order valence-electron chi connectivity index (χ2n) is 11.7. The first-order chi connectivity index (χ1) is 25.7. The normalized spacial score (nSPS) is 11.7. The first kappa shape index (κ1) is 34.3. The second kappa shape index (κ2) is 12.4. The molecule has 8 rings (SSSR count). The third-order valence-electron chi connectivity index (χ3n) is 8.51. The van der Waals surface area contributed by atoms with Gasteiger partial charge in [0.2, 0.25) is 23.4 Å². The summed E-state index contributed by atoms with van der Waals surface area (Å²) < 4.78 is 150. The summed E-state index contributed by atoms with van der Waals surface area (Å²) in [4.78, 5) is 34.2. The molecule has 6 aromatic carbocycles. The largest absolute Gasteiger partial charge is 0.436 e. The molecule has 0 radical (unpaired) electrons. The van der Waals surface area contributed by atoms with Crippen molar-refractivity contribution in [3.8, 4) is 22.9 Å². The summed E-state index contributed by atoms with van der Waals surface area (Å²) in [5.74, 6) is -25.5. The van der Waals surface area contributed by atoms with E-state index in [1.54, 1.807) is 24.3 Å². The van der Waals surface area contributed by atoms with Crippen LogP contribution in [0.15, 0.2) is 81.6 Å². The van der Waals surface area contributed by atoms with Crippen LogP contribution in [0.1, 0.15) is 31.8 Å². The molecular weight excluding hydrogens is 738 g/mol. The molecule has 8 aromatic rings. The summed E-state index contributed by atoms with van der Waals surface area (Å²) in [5.41, 5.74) is -1.92. The highest BCUT2D eigenvalue weighted by Gasteiger charge is 2.32. The van der Waals surface area contributed by atoms with E-state index in [1.165, 1.54) is 24.3 Å². The number of benzene rings is 6. The number of carbonyl (C=O) groups is 2. The highest BCUT2D eigenvalue weighted by atomic mass is 19.2. The minimum Gasteiger partial charge on any atom is -0.436 e. The van der Waals surface area contributed by atoms with Crippen LogP contribution in [0.5, 0.6) is 0 Å². The van der Waals surface area contributed by atoms with Crippen LogP contribution in [0, 0.1) is 58.2 Å². The highest BCUT2D eigenvalue weighted by Crippen LogP contribution is 2.34. The Labute approximate surface area is 292 Å². The van der Waals surface area contributed by atoms with Crippen LogP contribution in [-0.4, -0.2) is 21.5 Å². The van der Waals surface area contributed by atoms with E-state index in [0.717, 1.165) is 24.3 Å². The molecule has 0 aliphatic rings. The zero-order valence-electron chi connectivity index (χ0n) is 26.2. The Kier molecular flexibility index (Phi) is 7.86. The zero-order valence-corrected chi connectivity index (χ0v) is 26.2. The number of aromatic nitrogens is 2. The lowest BCUT2D eigenvalue weighted by atomic mass is 10.0. The molecule has 268 valence electrons. The molecule has 16 heteroatoms. The van der Waals surface area contributed by atoms with E-state index in [-0.39, 0.29) is 22.9 Å². The van der Waals surface area contributed by atoms with Gasteiger partial charge in [-0.25, -0.2) is 53.9 Å². The molecular formula is C38H12F10N2O4. The number of nitrogens with zero attached hydrogens (tertiary/aromatic N) is 2. The van der Waals surface area contributed by atoms with Crippen LogP contribution in [0.2, 0.25) is 0 Å². The van der Waals surface area contributed by atoms with Gasteiger partial charge in [0, 0.05) is 22.3 Å². The first-order valence-corrected chi connectivity index (χ1v) is 15.2. The summed E-state index contributed by atoms with van der Waals surface area (Å²) in [6.45, 7) is 0. The predicted octanol–water partition coefficient (Wildman–Crippen LogP) is 10.3. The van der Waals surface area contributed by atoms with Crippen LogP contribution in [0.4, 0.5) is 43.9 Å². The molecule has 0 aliphatic heterocycles. The van der Waals surface area contributed by atoms with E-state index in [2.05, 4.69) is 9.97 Å². The fourth-order valence-electron chi connectivity index (χ4n) is 5.77. The van der Waals surface area contributed by atoms with Gasteiger partial charge in [0.25, 0.3) is 0 Å². The monoisotopic (exact) mass is 750 g/mol. The summed E-state index contributed by atoms with van der Waals surface area (Å²) in [7, 11) is 0. The average molecular weight is 751 g/mol. The standard InChI is InChI=1S/C38H12F10N2O4/c39-25-23(26(40)30(44)33(47)29(25)43)35(51)13-1-5-15(6-2-13)37-49-19-9-17-12-22-20(10-18(17)11-21(19)53-37)50-38(54-22)16-7-3-14(4-8-16)36(52)24-27(41)31(45)34(48)32(46)28(24)42/h1-12H. The number of hydrogen-bond donors (Lipinski definition) is 0. The Balaban J connectivity index is 1.06. The molecule has 0 amide bonds. The number of rotatable bonds is 6. The number of carbonyl (C=O) groups excluding carboxylic acids is 2. The summed E-state index contributed by atoms with van der Waals surface area (Å²) in [6.07, 6.45) is 0. The quantitative estimate of drug-likeness (QED) is 0.0728. The van der Waals surface area contributed by atoms with Gasteiger partial charge in [0.1, 0.15) is 22.2 Å². The van der Waals surface area contributed by atoms with Crippen LogP contribution in [0.3, 0.4) is 0 Å². The molecule has 6 nitrogen and oxygen atoms in total. The molecule has 0 unspecified atom stereocenters. The lowest BCUT2D eigenvalue weighted by Crippen LogP contribution is -2.13. The predicted molar refractivity (Wildman–Crippen MR) is 169 cm³/mol. The second-order valence-corrected chi connectivity index (χ2v) is 11.7. The number of fused-ring (bicyclic) bond motifs is 3. The fourth-order valence-corrected chi connectivity index (χ4v) is 5.77. The van der Waals surface area contributed by atoms with Crippen LogP contribution < -0.4 is 0 Å². The molecule has 54 heavy (non-hydrogen) atoms. The van der Waals surface area contributed by atoms with Crippen molar-refractivity contribution in [2.24, 2.45) is 0 Å². The Bertz CT molecular complexity index is 2600. The maximum Gasteiger partial charge on any atom is 0.227 e. The van der Waals surface area contributed by atoms with Gasteiger partial charge in [-0.3, -0.25) is 9.59 Å². The smallest absolute Gasteiger partial charge is 0.227 e. The summed E-state index contributed by atoms with van der Waals surface area (Å²) >= 11 is 0. The Morgan fingerprint density at radius 2 is 0.704 bits per heavy atom. The molecule has 0 aliphatic carbocycles. The SMILES string of the molecule is O=C(c1ccc(-c2nc3cc4cc5oc(-c6ccc(C(=O)c7c(F)c(F)c(F)c(F)c7F)cc6)nc5cc4cc3o2)cc1)c1c(F)c(F)c(F)c(F)c1F. The van der Waals surface area contributed by atoms with Gasteiger partial charge in [-0.1, -0.05) is 24.3 Å². The van der Waals surface area contributed by atoms with E-state index in [4.69, 9.17) is 8.83 Å². The summed E-state index contributed by atoms with van der Waals surface area (Å²) in [5, 5.41) is 1.26. The Hall–Kier alpha value is -6.84. The Morgan fingerprint density at radius 3 is 1.02 bits per heavy atom. The summed E-state index contributed by atoms with van der Waals surface area (Å²) in [6, 6.07) is 16.3. The van der Waals surface area contributed by atoms with E-state index < -0.39 is 80.9 Å². The maximum absolute atomic E-state index is 14.2. The molecule has 0 bridgehead atoms. The van der Waals surface area contributed by atoms with Gasteiger partial charge in [-0.15, -0.1) is 0 Å². The van der Waals surface area contributed by atoms with Crippen molar-refractivity contribution in [2.45, 2.75) is 0 Å². The molecule has 0 atom stereocenters. The van der Waals surface area contributed by atoms with Crippen molar-refractivity contribution in [3.05, 3.63) is 153 Å². The molecule has 2 heterocycles. The van der Waals surface area contributed by atoms with Gasteiger partial charge in [0.15, 0.2) is 69.3 Å². The lowest BCUT2D eigenvalue weighted by Gasteiger charge is -2.07. The molecule has 0 N–H and O–H groups in total. The molecule has 0 saturated heterocycles. The number of ketones is 2. The minimum atomic E-state index is -2.39. The minimum absolute atomic E-state index is 0.0711. The van der Waals surface area contributed by atoms with E-state index in [9.17, 15) is 53.5 Å². The lowest BCUT2D eigenvalue weighted by molar-refractivity contribution is 0.101. The third-order valence-corrected chi connectivity index (χ3v) is 8.51. The number of hydrogen-bond acceptors (Lipinski definition) is 6. The van der Waals surface area contributed by atoms with Crippen molar-refractivity contribution in [1.29, 1.82) is 0 Å². The Morgan fingerprint density at radius 1 is 0.407 bits per heavy atom. The number of halogens is 10. The van der Waals surface area contributed by atoms with E-state index in [0.29, 0.717) is 44.1 Å². The maximum atomic E-state index is 14.2. The third kappa shape index (κ3) is 5.28. The number of oxazole rings is 2. The molecule has 2 aromatic heterocycles. The molecule has 0 fully saturated rings. The molecule has 0 spiro atoms. The molecule has 0 saturated carbocycles. The topological polar surface area (TPSA) is 86.2 Å². The van der Waals surface area contributed by atoms with Gasteiger partial charge in [-0.2, -0.15) is 0 Å². The highest BCUT2D eigenvalue weighted by molar-refractivity contribution is 6.10. The van der Waals surface area contributed by atoms with Gasteiger partial charge >= 0.3 is 0 Å². The zero-order chi connectivity index (χ0) is 38.3. The van der Waals surface area contributed by atoms with Crippen LogP contribution >= 0.6 is 0 Å². The van der Waals surface area contributed by atoms with Gasteiger partial charge in [0.05, 0.1) is 0 Å². The fraction of sp³-hybridized carbons (Fsp3) is 0. The average Bonchev–Trinajstić information content (AvgIpc) is 3.79. The van der Waals surface area contributed by atoms with Crippen molar-refractivity contribution >= 4 is 44.5 Å². The first-order valence-electron chi connectivity index (χ1n) is 15.2. The van der Waals surface area contributed by atoms with Crippen LogP contribution in [-0.2, 0) is 0 Å². The van der Waals surface area contributed by atoms with Crippen LogP contribution in [0.25, 0.3) is 55.9 Å². The van der Waals surface area contributed by atoms with Gasteiger partial charge < -0.3 is 8.83 Å². The van der Waals surface area contributed by atoms with Crippen molar-refractivity contribution in [3.63, 3.8) is 0 Å².